The van der Waals surface area contributed by atoms with E-state index < -0.39 is 9.84 Å². The van der Waals surface area contributed by atoms with Gasteiger partial charge in [0, 0.05) is 18.0 Å². The first-order valence-electron chi connectivity index (χ1n) is 7.59. The zero-order chi connectivity index (χ0) is 17.3. The Hall–Kier alpha value is -2.35. The smallest absolute Gasteiger partial charge is 0.275 e. The molecule has 3 rings (SSSR count). The molecule has 1 aromatic heterocycles. The van der Waals surface area contributed by atoms with Crippen LogP contribution in [0.4, 0.5) is 5.69 Å². The molecule has 2 heterocycles. The van der Waals surface area contributed by atoms with Gasteiger partial charge < -0.3 is 4.74 Å². The zero-order valence-corrected chi connectivity index (χ0v) is 14.3. The molecule has 0 saturated carbocycles. The van der Waals surface area contributed by atoms with Crippen molar-refractivity contribution in [3.8, 4) is 5.75 Å². The number of nitrogens with zero attached hydrogens (tertiary/aromatic N) is 2. The van der Waals surface area contributed by atoms with Crippen LogP contribution < -0.4 is 10.3 Å². The minimum atomic E-state index is -3.05. The lowest BCUT2D eigenvalue weighted by Gasteiger charge is -2.07. The highest BCUT2D eigenvalue weighted by Gasteiger charge is 2.31. The van der Waals surface area contributed by atoms with E-state index in [0.717, 1.165) is 0 Å². The van der Waals surface area contributed by atoms with Gasteiger partial charge in [0.05, 0.1) is 35.9 Å². The zero-order valence-electron chi connectivity index (χ0n) is 13.5. The maximum atomic E-state index is 12.6. The summed E-state index contributed by atoms with van der Waals surface area (Å²) in [6.45, 7) is 1.77. The number of aryl methyl sites for hydroxylation is 1. The third-order valence-corrected chi connectivity index (χ3v) is 5.86. The van der Waals surface area contributed by atoms with E-state index in [1.54, 1.807) is 20.1 Å². The lowest BCUT2D eigenvalue weighted by molar-refractivity contribution is 0.415. The molecule has 1 aromatic carbocycles. The molecule has 0 spiro atoms. The molecule has 0 unspecified atom stereocenters. The van der Waals surface area contributed by atoms with Crippen LogP contribution in [-0.2, 0) is 9.84 Å². The van der Waals surface area contributed by atoms with Gasteiger partial charge in [0.25, 0.3) is 5.56 Å². The molecule has 8 heteroatoms. The average molecular weight is 349 g/mol. The highest BCUT2D eigenvalue weighted by molar-refractivity contribution is 7.91. The molecule has 0 aliphatic carbocycles. The summed E-state index contributed by atoms with van der Waals surface area (Å²) in [4.78, 5) is 16.9. The molecule has 2 aromatic rings. The Morgan fingerprint density at radius 1 is 1.42 bits per heavy atom. The molecule has 128 valence electrons. The third kappa shape index (κ3) is 3.28. The van der Waals surface area contributed by atoms with Crippen molar-refractivity contribution in [3.05, 3.63) is 45.9 Å². The van der Waals surface area contributed by atoms with Gasteiger partial charge in [-0.25, -0.2) is 13.1 Å². The second kappa shape index (κ2) is 6.27. The van der Waals surface area contributed by atoms with E-state index in [2.05, 4.69) is 10.1 Å². The second-order valence-corrected chi connectivity index (χ2v) is 8.07. The molecule has 0 bridgehead atoms. The van der Waals surface area contributed by atoms with Gasteiger partial charge in [0.1, 0.15) is 5.75 Å². The van der Waals surface area contributed by atoms with Gasteiger partial charge in [-0.1, -0.05) is 6.07 Å². The first-order chi connectivity index (χ1) is 11.4. The quantitative estimate of drug-likeness (QED) is 0.849. The first-order valence-corrected chi connectivity index (χ1v) is 9.41. The van der Waals surface area contributed by atoms with Crippen LogP contribution in [0.5, 0.6) is 5.75 Å². The summed E-state index contributed by atoms with van der Waals surface area (Å²) in [5.74, 6) is 0.804. The van der Waals surface area contributed by atoms with Crippen LogP contribution in [0.3, 0.4) is 0 Å². The van der Waals surface area contributed by atoms with Crippen LogP contribution in [0, 0.1) is 6.92 Å². The van der Waals surface area contributed by atoms with Crippen molar-refractivity contribution in [1.29, 1.82) is 0 Å². The molecule has 1 saturated heterocycles. The fourth-order valence-electron chi connectivity index (χ4n) is 2.80. The molecule has 0 amide bonds. The number of rotatable bonds is 4. The molecule has 1 atom stereocenters. The van der Waals surface area contributed by atoms with Gasteiger partial charge in [0.15, 0.2) is 9.84 Å². The van der Waals surface area contributed by atoms with Crippen molar-refractivity contribution < 1.29 is 13.2 Å². The maximum Gasteiger partial charge on any atom is 0.275 e. The minimum absolute atomic E-state index is 0.000668. The molecular weight excluding hydrogens is 330 g/mol. The van der Waals surface area contributed by atoms with Crippen molar-refractivity contribution in [3.63, 3.8) is 0 Å². The highest BCUT2D eigenvalue weighted by Crippen LogP contribution is 2.22. The first kappa shape index (κ1) is 16.5. The van der Waals surface area contributed by atoms with E-state index in [9.17, 15) is 13.2 Å². The van der Waals surface area contributed by atoms with Crippen molar-refractivity contribution >= 4 is 21.7 Å². The van der Waals surface area contributed by atoms with Gasteiger partial charge in [0.2, 0.25) is 0 Å². The minimum Gasteiger partial charge on any atom is -0.497 e. The Balaban J connectivity index is 1.89. The van der Waals surface area contributed by atoms with E-state index in [0.29, 0.717) is 29.1 Å². The average Bonchev–Trinajstić information content (AvgIpc) is 3.05. The molecule has 1 aliphatic rings. The van der Waals surface area contributed by atoms with Crippen molar-refractivity contribution in [2.45, 2.75) is 19.4 Å². The van der Waals surface area contributed by atoms with Crippen LogP contribution in [-0.4, -0.2) is 43.0 Å². The standard InChI is InChI=1S/C16H19N3O4S/c1-11-15(9-17-12-4-3-5-14(8-12)23-2)16(20)19(18-11)13-6-7-24(21,22)10-13/h3-5,8-9,13,18H,6-7,10H2,1-2H3/t13-/m1/s1. The number of methoxy groups -OCH3 is 1. The largest absolute Gasteiger partial charge is 0.497 e. The monoisotopic (exact) mass is 349 g/mol. The van der Waals surface area contributed by atoms with Crippen molar-refractivity contribution in [2.75, 3.05) is 18.6 Å². The lowest BCUT2D eigenvalue weighted by Crippen LogP contribution is -2.25. The van der Waals surface area contributed by atoms with Gasteiger partial charge in [-0.3, -0.25) is 14.9 Å². The van der Waals surface area contributed by atoms with Crippen LogP contribution >= 0.6 is 0 Å². The molecule has 1 N–H and O–H groups in total. The van der Waals surface area contributed by atoms with Crippen LogP contribution in [0.1, 0.15) is 23.7 Å². The summed E-state index contributed by atoms with van der Waals surface area (Å²) in [6, 6.07) is 6.87. The molecule has 1 aliphatic heterocycles. The Kier molecular flexibility index (Phi) is 4.31. The summed E-state index contributed by atoms with van der Waals surface area (Å²) in [6.07, 6.45) is 1.96. The topological polar surface area (TPSA) is 93.5 Å². The van der Waals surface area contributed by atoms with Crippen LogP contribution in [0.25, 0.3) is 0 Å². The molecule has 1 fully saturated rings. The Labute approximate surface area is 139 Å². The SMILES string of the molecule is COc1cccc(N=Cc2c(C)[nH]n([C@@H]3CCS(=O)(=O)C3)c2=O)c1. The third-order valence-electron chi connectivity index (χ3n) is 4.11. The van der Waals surface area contributed by atoms with Gasteiger partial charge in [-0.2, -0.15) is 0 Å². The number of sulfone groups is 1. The number of aromatic amines is 1. The Morgan fingerprint density at radius 2 is 2.21 bits per heavy atom. The van der Waals surface area contributed by atoms with E-state index >= 15 is 0 Å². The fraction of sp³-hybridized carbons (Fsp3) is 0.375. The van der Waals surface area contributed by atoms with E-state index in [1.807, 2.05) is 18.2 Å². The summed E-state index contributed by atoms with van der Waals surface area (Å²) in [5.41, 5.74) is 1.52. The summed E-state index contributed by atoms with van der Waals surface area (Å²) < 4.78 is 29.8. The van der Waals surface area contributed by atoms with E-state index in [1.165, 1.54) is 10.9 Å². The number of aliphatic imine (C=N–C) groups is 1. The number of hydrogen-bond acceptors (Lipinski definition) is 5. The van der Waals surface area contributed by atoms with Crippen LogP contribution in [0.15, 0.2) is 34.1 Å². The number of hydrogen-bond donors (Lipinski definition) is 1. The molecule has 24 heavy (non-hydrogen) atoms. The lowest BCUT2D eigenvalue weighted by atomic mass is 10.2. The highest BCUT2D eigenvalue weighted by atomic mass is 32.2. The number of aromatic nitrogens is 2. The maximum absolute atomic E-state index is 12.6. The predicted octanol–water partition coefficient (Wildman–Crippen LogP) is 1.60. The summed E-state index contributed by atoms with van der Waals surface area (Å²) in [7, 11) is -1.48. The molecule has 0 radical (unpaired) electrons. The van der Waals surface area contributed by atoms with Crippen LogP contribution in [0.2, 0.25) is 0 Å². The van der Waals surface area contributed by atoms with Crippen molar-refractivity contribution in [2.24, 2.45) is 4.99 Å². The van der Waals surface area contributed by atoms with E-state index in [4.69, 9.17) is 4.74 Å². The van der Waals surface area contributed by atoms with E-state index in [-0.39, 0.29) is 23.1 Å². The Morgan fingerprint density at radius 3 is 2.88 bits per heavy atom. The number of ether oxygens (including phenoxy) is 1. The van der Waals surface area contributed by atoms with Gasteiger partial charge in [-0.15, -0.1) is 0 Å². The number of benzene rings is 1. The number of H-pyrrole nitrogens is 1. The predicted molar refractivity (Wildman–Crippen MR) is 92.3 cm³/mol. The number of nitrogens with one attached hydrogen (secondary N) is 1. The summed E-state index contributed by atoms with van der Waals surface area (Å²) >= 11 is 0. The Bertz CT molecular complexity index is 940. The second-order valence-electron chi connectivity index (χ2n) is 5.84. The van der Waals surface area contributed by atoms with Crippen molar-refractivity contribution in [1.82, 2.24) is 9.78 Å². The molecular formula is C16H19N3O4S. The fourth-order valence-corrected chi connectivity index (χ4v) is 4.50. The van der Waals surface area contributed by atoms with Gasteiger partial charge in [-0.05, 0) is 25.5 Å². The molecule has 7 nitrogen and oxygen atoms in total. The van der Waals surface area contributed by atoms with Gasteiger partial charge >= 0.3 is 0 Å². The summed E-state index contributed by atoms with van der Waals surface area (Å²) in [5, 5.41) is 2.98. The normalized spacial score (nSPS) is 19.8.